The van der Waals surface area contributed by atoms with Crippen molar-refractivity contribution in [3.63, 3.8) is 0 Å². The van der Waals surface area contributed by atoms with Crippen LogP contribution in [0.1, 0.15) is 110 Å². The fraction of sp³-hybridized carbons (Fsp3) is 1.00. The lowest BCUT2D eigenvalue weighted by Gasteiger charge is -2.67. The van der Waals surface area contributed by atoms with Crippen molar-refractivity contribution >= 4 is 70.4 Å². The van der Waals surface area contributed by atoms with Gasteiger partial charge in [0.15, 0.2) is 0 Å². The molecule has 19 nitrogen and oxygen atoms in total. The van der Waals surface area contributed by atoms with Gasteiger partial charge >= 0.3 is 70.4 Å². The molecule has 7 unspecified atom stereocenters. The minimum absolute atomic E-state index is 0.327. The van der Waals surface area contributed by atoms with Crippen LogP contribution in [0.5, 0.6) is 0 Å². The quantitative estimate of drug-likeness (QED) is 0.239. The molecule has 0 N–H and O–H groups in total. The molecular formula is C39H72O19Si8. The van der Waals surface area contributed by atoms with E-state index in [-0.39, 0.29) is 38.8 Å². The fourth-order valence-corrected chi connectivity index (χ4v) is 67.0. The minimum Gasteiger partial charge on any atom is -0.381 e. The van der Waals surface area contributed by atoms with E-state index in [1.807, 2.05) is 0 Å². The molecule has 13 heterocycles. The summed E-state index contributed by atoms with van der Waals surface area (Å²) in [7, 11) is -34.4. The maximum Gasteiger partial charge on any atom is 0.484 e. The Balaban J connectivity index is 1.18. The summed E-state index contributed by atoms with van der Waals surface area (Å²) in [6, 6.07) is 0.451. The molecule has 7 atom stereocenters. The summed E-state index contributed by atoms with van der Waals surface area (Å²) in [5.41, 5.74) is -2.35. The van der Waals surface area contributed by atoms with E-state index in [1.54, 1.807) is 0 Å². The topological polar surface area (TPSA) is 175 Å². The van der Waals surface area contributed by atoms with Gasteiger partial charge in [0, 0.05) is 52.3 Å². The third-order valence-corrected chi connectivity index (χ3v) is 54.7. The highest BCUT2D eigenvalue weighted by Crippen LogP contribution is 2.63. The molecule has 0 aromatic carbocycles. The lowest BCUT2D eigenvalue weighted by molar-refractivity contribution is -0.0687. The first kappa shape index (κ1) is 47.9. The van der Waals surface area contributed by atoms with Gasteiger partial charge in [-0.3, -0.25) is 0 Å². The average Bonchev–Trinajstić information content (AvgIpc) is 3.34. The number of ether oxygens (including phenoxy) is 7. The first-order valence-corrected chi connectivity index (χ1v) is 40.3. The number of rotatable bonds is 10. The molecule has 13 aliphatic heterocycles. The van der Waals surface area contributed by atoms with Crippen LogP contribution in [-0.4, -0.2) is 163 Å². The number of unbranched alkanes of at least 4 members (excludes halogenated alkanes) is 1. The molecule has 0 radical (unpaired) electrons. The lowest BCUT2D eigenvalue weighted by Crippen LogP contribution is -2.91. The van der Waals surface area contributed by atoms with Crippen LogP contribution in [0.15, 0.2) is 0 Å². The summed E-state index contributed by atoms with van der Waals surface area (Å²) in [6.45, 7) is 9.07. The van der Waals surface area contributed by atoms with Crippen LogP contribution >= 0.6 is 0 Å². The van der Waals surface area contributed by atoms with Gasteiger partial charge in [-0.25, -0.2) is 0 Å². The van der Waals surface area contributed by atoms with Crippen LogP contribution in [0.3, 0.4) is 0 Å². The molecule has 66 heavy (non-hydrogen) atoms. The number of hydrogen-bond acceptors (Lipinski definition) is 19. The molecule has 0 saturated carbocycles. The van der Waals surface area contributed by atoms with E-state index in [1.165, 1.54) is 0 Å². The van der Waals surface area contributed by atoms with Gasteiger partial charge in [0.1, 0.15) is 0 Å². The zero-order valence-corrected chi connectivity index (χ0v) is 46.7. The van der Waals surface area contributed by atoms with Crippen molar-refractivity contribution in [2.45, 2.75) is 154 Å². The Labute approximate surface area is 398 Å². The van der Waals surface area contributed by atoms with Gasteiger partial charge in [0.25, 0.3) is 0 Å². The number of hydrogen-bond donors (Lipinski definition) is 0. The van der Waals surface area contributed by atoms with Crippen LogP contribution in [0.25, 0.3) is 0 Å². The average molecular weight is 1070 g/mol. The van der Waals surface area contributed by atoms with Crippen molar-refractivity contribution in [2.24, 2.45) is 0 Å². The van der Waals surface area contributed by atoms with Crippen molar-refractivity contribution in [1.82, 2.24) is 0 Å². The predicted octanol–water partition coefficient (Wildman–Crippen LogP) is 5.83. The van der Waals surface area contributed by atoms with E-state index in [2.05, 4.69) is 6.92 Å². The van der Waals surface area contributed by atoms with Gasteiger partial charge in [-0.2, -0.15) is 0 Å². The molecular weight excluding hydrogens is 997 g/mol. The Hall–Kier alpha value is 0.975. The van der Waals surface area contributed by atoms with Gasteiger partial charge in [0.05, 0.1) is 85.0 Å². The molecule has 0 aromatic rings. The maximum absolute atomic E-state index is 8.36. The lowest BCUT2D eigenvalue weighted by atomic mass is 10.2. The fourth-order valence-electron chi connectivity index (χ4n) is 12.4. The Morgan fingerprint density at radius 1 is 0.288 bits per heavy atom. The summed E-state index contributed by atoms with van der Waals surface area (Å²) in [5.74, 6) is 0. The highest BCUT2D eigenvalue weighted by Gasteiger charge is 2.88. The zero-order chi connectivity index (χ0) is 44.4. The smallest absolute Gasteiger partial charge is 0.381 e. The summed E-state index contributed by atoms with van der Waals surface area (Å²) in [5, 5.41) is 0. The molecule has 0 amide bonds. The Morgan fingerprint density at radius 3 is 0.652 bits per heavy atom. The largest absolute Gasteiger partial charge is 0.484 e. The molecule has 13 aliphatic rings. The van der Waals surface area contributed by atoms with Crippen molar-refractivity contribution in [2.75, 3.05) is 92.5 Å². The molecule has 13 fully saturated rings. The predicted molar refractivity (Wildman–Crippen MR) is 245 cm³/mol. The monoisotopic (exact) mass is 1070 g/mol. The Kier molecular flexibility index (Phi) is 14.1. The first-order chi connectivity index (χ1) is 32.3. The van der Waals surface area contributed by atoms with E-state index in [0.717, 1.165) is 103 Å². The standard InChI is InChI=1S/C39H72O19Si8/c1-2-3-25-59-47-60(33-11-4-18-40-26-33)50-63(36-14-7-21-43-29-36)52-61(48-59,34-12-5-19-41-27-34)54-65(38-16-9-23-45-31-38)55-62(49-59,35-13-6-20-42-28-35)53-64(51-60,37-15-8-22-44-30-37)57-66(56-63,58-65)39-17-10-24-46-32-39/h33-39H,2-32H2,1H3. The van der Waals surface area contributed by atoms with Crippen LogP contribution in [-0.2, 0) is 82.5 Å². The second-order valence-corrected chi connectivity index (χ2v) is 46.5. The summed E-state index contributed by atoms with van der Waals surface area (Å²) < 4.78 is 145. The van der Waals surface area contributed by atoms with E-state index >= 15 is 0 Å². The van der Waals surface area contributed by atoms with Crippen LogP contribution in [0.4, 0.5) is 0 Å². The van der Waals surface area contributed by atoms with Crippen LogP contribution in [0, 0.1) is 0 Å². The van der Waals surface area contributed by atoms with Gasteiger partial charge in [0.2, 0.25) is 0 Å². The molecule has 374 valence electrons. The molecule has 27 heteroatoms. The zero-order valence-electron chi connectivity index (χ0n) is 38.7. The molecule has 13 rings (SSSR count). The Bertz CT molecular complexity index is 1490. The van der Waals surface area contributed by atoms with Gasteiger partial charge < -0.3 is 82.5 Å². The van der Waals surface area contributed by atoms with Crippen LogP contribution < -0.4 is 0 Å². The summed E-state index contributed by atoms with van der Waals surface area (Å²) in [6.07, 6.45) is 12.3. The molecule has 0 aliphatic carbocycles. The SMILES string of the molecule is CCCC[Si]12O[Si]3(C4CCCOC4)O[Si]4(C5CCCOC5)O[Si](C5CCCOC5)(O1)O[Si]1(C5CCCOC5)O[Si](C5CCCOC5)(O2)O[Si](C2CCCOC2)(O3)O[Si](C2CCCOC2)(O4)O1. The van der Waals surface area contributed by atoms with Crippen LogP contribution in [0.2, 0.25) is 44.8 Å². The van der Waals surface area contributed by atoms with Crippen molar-refractivity contribution < 1.29 is 82.5 Å². The second kappa shape index (κ2) is 19.4. The second-order valence-electron chi connectivity index (χ2n) is 20.6. The minimum atomic E-state index is -4.35. The maximum atomic E-state index is 8.36. The molecule has 13 saturated heterocycles. The summed E-state index contributed by atoms with van der Waals surface area (Å²) in [4.78, 5) is 0. The Morgan fingerprint density at radius 2 is 0.485 bits per heavy atom. The van der Waals surface area contributed by atoms with Gasteiger partial charge in [-0.15, -0.1) is 0 Å². The van der Waals surface area contributed by atoms with Crippen molar-refractivity contribution in [1.29, 1.82) is 0 Å². The molecule has 0 aromatic heterocycles. The van der Waals surface area contributed by atoms with E-state index in [4.69, 9.17) is 82.5 Å². The highest BCUT2D eigenvalue weighted by molar-refractivity contribution is 7.04. The normalized spacial score (nSPS) is 52.4. The molecule has 8 bridgehead atoms. The highest BCUT2D eigenvalue weighted by atomic mass is 28.6. The third kappa shape index (κ3) is 8.59. The first-order valence-electron chi connectivity index (χ1n) is 25.7. The van der Waals surface area contributed by atoms with Crippen molar-refractivity contribution in [3.8, 4) is 0 Å². The van der Waals surface area contributed by atoms with E-state index in [0.29, 0.717) is 98.5 Å². The summed E-state index contributed by atoms with van der Waals surface area (Å²) >= 11 is 0. The van der Waals surface area contributed by atoms with Gasteiger partial charge in [-0.1, -0.05) is 13.3 Å². The molecule has 0 spiro atoms. The van der Waals surface area contributed by atoms with Gasteiger partial charge in [-0.05, 0) is 96.3 Å². The third-order valence-electron chi connectivity index (χ3n) is 15.9. The van der Waals surface area contributed by atoms with E-state index < -0.39 is 70.4 Å². The van der Waals surface area contributed by atoms with Crippen molar-refractivity contribution in [3.05, 3.63) is 0 Å². The van der Waals surface area contributed by atoms with E-state index in [9.17, 15) is 0 Å².